The molecule has 0 saturated heterocycles. The van der Waals surface area contributed by atoms with E-state index in [9.17, 15) is 4.79 Å². The summed E-state index contributed by atoms with van der Waals surface area (Å²) in [6.45, 7) is 1.89. The van der Waals surface area contributed by atoms with Crippen molar-refractivity contribution in [1.82, 2.24) is 4.98 Å². The molecule has 3 heteroatoms. The Labute approximate surface area is 81.3 Å². The molecule has 0 aliphatic rings. The first kappa shape index (κ1) is 8.81. The largest absolute Gasteiger partial charge is 0.497 e. The van der Waals surface area contributed by atoms with Gasteiger partial charge in [-0.05, 0) is 30.5 Å². The van der Waals surface area contributed by atoms with Crippen LogP contribution < -0.4 is 10.3 Å². The van der Waals surface area contributed by atoms with Crippen molar-refractivity contribution in [3.05, 3.63) is 40.3 Å². The molecule has 72 valence electrons. The molecule has 0 saturated carbocycles. The zero-order chi connectivity index (χ0) is 10.1. The summed E-state index contributed by atoms with van der Waals surface area (Å²) in [6.07, 6.45) is 0. The van der Waals surface area contributed by atoms with E-state index >= 15 is 0 Å². The normalized spacial score (nSPS) is 10.4. The maximum Gasteiger partial charge on any atom is 0.248 e. The molecule has 3 nitrogen and oxygen atoms in total. The van der Waals surface area contributed by atoms with Crippen LogP contribution in [0.5, 0.6) is 5.75 Å². The van der Waals surface area contributed by atoms with Crippen molar-refractivity contribution in [3.8, 4) is 5.75 Å². The molecule has 0 fully saturated rings. The predicted octanol–water partition coefficient (Wildman–Crippen LogP) is 1.85. The number of H-pyrrole nitrogens is 1. The Morgan fingerprint density at radius 1 is 1.29 bits per heavy atom. The Hall–Kier alpha value is -1.77. The molecule has 0 aliphatic carbocycles. The minimum atomic E-state index is -0.0803. The monoisotopic (exact) mass is 189 g/mol. The minimum absolute atomic E-state index is 0.0803. The van der Waals surface area contributed by atoms with Crippen LogP contribution in [-0.2, 0) is 0 Å². The second kappa shape index (κ2) is 3.18. The summed E-state index contributed by atoms with van der Waals surface area (Å²) >= 11 is 0. The SMILES string of the molecule is COc1ccc2c(C)[nH]c(=O)cc2c1. The number of pyridine rings is 1. The predicted molar refractivity (Wildman–Crippen MR) is 55.9 cm³/mol. The maximum absolute atomic E-state index is 11.2. The number of methoxy groups -OCH3 is 1. The van der Waals surface area contributed by atoms with Gasteiger partial charge in [0.1, 0.15) is 5.75 Å². The molecule has 1 aromatic carbocycles. The molecule has 0 atom stereocenters. The van der Waals surface area contributed by atoms with Gasteiger partial charge in [-0.25, -0.2) is 0 Å². The minimum Gasteiger partial charge on any atom is -0.497 e. The molecule has 0 amide bonds. The molecule has 14 heavy (non-hydrogen) atoms. The van der Waals surface area contributed by atoms with E-state index in [0.29, 0.717) is 0 Å². The summed E-state index contributed by atoms with van der Waals surface area (Å²) < 4.78 is 5.09. The van der Waals surface area contributed by atoms with Crippen molar-refractivity contribution in [1.29, 1.82) is 0 Å². The van der Waals surface area contributed by atoms with Crippen LogP contribution in [0.2, 0.25) is 0 Å². The van der Waals surface area contributed by atoms with Crippen LogP contribution >= 0.6 is 0 Å². The van der Waals surface area contributed by atoms with E-state index < -0.39 is 0 Å². The van der Waals surface area contributed by atoms with Crippen molar-refractivity contribution in [2.75, 3.05) is 7.11 Å². The van der Waals surface area contributed by atoms with Crippen LogP contribution in [0.1, 0.15) is 5.69 Å². The molecule has 1 heterocycles. The fourth-order valence-corrected chi connectivity index (χ4v) is 1.56. The van der Waals surface area contributed by atoms with Crippen LogP contribution in [0.25, 0.3) is 10.8 Å². The molecule has 0 bridgehead atoms. The number of ether oxygens (including phenoxy) is 1. The number of fused-ring (bicyclic) bond motifs is 1. The smallest absolute Gasteiger partial charge is 0.248 e. The number of rotatable bonds is 1. The highest BCUT2D eigenvalue weighted by Crippen LogP contribution is 2.20. The number of hydrogen-bond donors (Lipinski definition) is 1. The molecule has 1 aromatic heterocycles. The Morgan fingerprint density at radius 3 is 2.79 bits per heavy atom. The second-order valence-electron chi connectivity index (χ2n) is 3.21. The van der Waals surface area contributed by atoms with Gasteiger partial charge in [0.25, 0.3) is 0 Å². The Kier molecular flexibility index (Phi) is 2.00. The molecule has 0 unspecified atom stereocenters. The first-order valence-electron chi connectivity index (χ1n) is 4.38. The quantitative estimate of drug-likeness (QED) is 0.743. The summed E-state index contributed by atoms with van der Waals surface area (Å²) in [5, 5.41) is 1.95. The highest BCUT2D eigenvalue weighted by atomic mass is 16.5. The Morgan fingerprint density at radius 2 is 2.07 bits per heavy atom. The van der Waals surface area contributed by atoms with Crippen molar-refractivity contribution in [2.24, 2.45) is 0 Å². The van der Waals surface area contributed by atoms with E-state index in [2.05, 4.69) is 4.98 Å². The van der Waals surface area contributed by atoms with Gasteiger partial charge in [-0.2, -0.15) is 0 Å². The van der Waals surface area contributed by atoms with Crippen molar-refractivity contribution in [2.45, 2.75) is 6.92 Å². The summed E-state index contributed by atoms with van der Waals surface area (Å²) in [4.78, 5) is 14.0. The van der Waals surface area contributed by atoms with Gasteiger partial charge < -0.3 is 9.72 Å². The zero-order valence-corrected chi connectivity index (χ0v) is 8.13. The third kappa shape index (κ3) is 1.37. The van der Waals surface area contributed by atoms with E-state index in [4.69, 9.17) is 4.74 Å². The third-order valence-electron chi connectivity index (χ3n) is 2.26. The van der Waals surface area contributed by atoms with Crippen molar-refractivity contribution < 1.29 is 4.74 Å². The van der Waals surface area contributed by atoms with Gasteiger partial charge in [-0.1, -0.05) is 0 Å². The number of aromatic amines is 1. The first-order chi connectivity index (χ1) is 6.70. The van der Waals surface area contributed by atoms with E-state index in [0.717, 1.165) is 22.2 Å². The number of nitrogens with one attached hydrogen (secondary N) is 1. The molecule has 2 aromatic rings. The van der Waals surface area contributed by atoms with Crippen molar-refractivity contribution >= 4 is 10.8 Å². The lowest BCUT2D eigenvalue weighted by atomic mass is 10.1. The standard InChI is InChI=1S/C11H11NO2/c1-7-10-4-3-9(14-2)5-8(10)6-11(13)12-7/h3-6H,1-2H3,(H,12,13). The zero-order valence-electron chi connectivity index (χ0n) is 8.13. The summed E-state index contributed by atoms with van der Waals surface area (Å²) in [5.74, 6) is 0.766. The lowest BCUT2D eigenvalue weighted by Gasteiger charge is -2.03. The summed E-state index contributed by atoms with van der Waals surface area (Å²) in [5.41, 5.74) is 0.804. The van der Waals surface area contributed by atoms with E-state index in [-0.39, 0.29) is 5.56 Å². The molecular formula is C11H11NO2. The number of aromatic nitrogens is 1. The first-order valence-corrected chi connectivity index (χ1v) is 4.38. The molecular weight excluding hydrogens is 178 g/mol. The van der Waals surface area contributed by atoms with Gasteiger partial charge in [0.15, 0.2) is 0 Å². The van der Waals surface area contributed by atoms with Crippen LogP contribution in [-0.4, -0.2) is 12.1 Å². The van der Waals surface area contributed by atoms with Crippen LogP contribution in [0.4, 0.5) is 0 Å². The van der Waals surface area contributed by atoms with Gasteiger partial charge in [0.2, 0.25) is 5.56 Å². The lowest BCUT2D eigenvalue weighted by Crippen LogP contribution is -2.05. The maximum atomic E-state index is 11.2. The number of aryl methyl sites for hydroxylation is 1. The second-order valence-corrected chi connectivity index (χ2v) is 3.21. The van der Waals surface area contributed by atoms with Gasteiger partial charge in [-0.15, -0.1) is 0 Å². The van der Waals surface area contributed by atoms with Gasteiger partial charge in [0.05, 0.1) is 7.11 Å². The highest BCUT2D eigenvalue weighted by molar-refractivity contribution is 5.85. The van der Waals surface area contributed by atoms with E-state index in [1.165, 1.54) is 0 Å². The molecule has 0 spiro atoms. The van der Waals surface area contributed by atoms with Crippen molar-refractivity contribution in [3.63, 3.8) is 0 Å². The molecule has 0 aliphatic heterocycles. The molecule has 2 rings (SSSR count). The fraction of sp³-hybridized carbons (Fsp3) is 0.182. The van der Waals surface area contributed by atoms with E-state index in [1.807, 2.05) is 25.1 Å². The van der Waals surface area contributed by atoms with Crippen LogP contribution in [0.3, 0.4) is 0 Å². The van der Waals surface area contributed by atoms with Crippen LogP contribution in [0, 0.1) is 6.92 Å². The number of hydrogen-bond acceptors (Lipinski definition) is 2. The fourth-order valence-electron chi connectivity index (χ4n) is 1.56. The Balaban J connectivity index is 2.82. The Bertz CT molecular complexity index is 528. The molecule has 0 radical (unpaired) electrons. The lowest BCUT2D eigenvalue weighted by molar-refractivity contribution is 0.415. The summed E-state index contributed by atoms with van der Waals surface area (Å²) in [6, 6.07) is 7.26. The van der Waals surface area contributed by atoms with E-state index in [1.54, 1.807) is 13.2 Å². The van der Waals surface area contributed by atoms with Gasteiger partial charge in [0, 0.05) is 17.1 Å². The van der Waals surface area contributed by atoms with Gasteiger partial charge >= 0.3 is 0 Å². The average Bonchev–Trinajstić information content (AvgIpc) is 2.16. The van der Waals surface area contributed by atoms with Gasteiger partial charge in [-0.3, -0.25) is 4.79 Å². The average molecular weight is 189 g/mol. The highest BCUT2D eigenvalue weighted by Gasteiger charge is 2.00. The summed E-state index contributed by atoms with van der Waals surface area (Å²) in [7, 11) is 1.61. The third-order valence-corrected chi connectivity index (χ3v) is 2.26. The number of benzene rings is 1. The topological polar surface area (TPSA) is 42.1 Å². The van der Waals surface area contributed by atoms with Crippen LogP contribution in [0.15, 0.2) is 29.1 Å². The molecule has 1 N–H and O–H groups in total.